The van der Waals surface area contributed by atoms with Gasteiger partial charge in [-0.3, -0.25) is 4.79 Å². The Morgan fingerprint density at radius 2 is 2.25 bits per heavy atom. The van der Waals surface area contributed by atoms with Gasteiger partial charge in [0.15, 0.2) is 0 Å². The van der Waals surface area contributed by atoms with Crippen LogP contribution >= 0.6 is 0 Å². The van der Waals surface area contributed by atoms with Crippen molar-refractivity contribution >= 4 is 5.91 Å². The number of hydrogen-bond acceptors (Lipinski definition) is 2. The maximum absolute atomic E-state index is 12.3. The van der Waals surface area contributed by atoms with Gasteiger partial charge in [-0.05, 0) is 37.6 Å². The van der Waals surface area contributed by atoms with E-state index in [1.54, 1.807) is 0 Å². The van der Waals surface area contributed by atoms with Crippen LogP contribution < -0.4 is 5.32 Å². The number of hydrogen-bond donors (Lipinski definition) is 1. The minimum atomic E-state index is 0.101. The third-order valence-electron chi connectivity index (χ3n) is 4.12. The molecule has 0 radical (unpaired) electrons. The Balaban J connectivity index is 1.89. The summed E-state index contributed by atoms with van der Waals surface area (Å²) in [6.07, 6.45) is 4.66. The molecular formula is C13H24N2O. The van der Waals surface area contributed by atoms with Gasteiger partial charge in [-0.25, -0.2) is 0 Å². The number of carbonyl (C=O) groups is 1. The quantitative estimate of drug-likeness (QED) is 0.773. The summed E-state index contributed by atoms with van der Waals surface area (Å²) in [5.74, 6) is 1.78. The van der Waals surface area contributed by atoms with Crippen molar-refractivity contribution in [1.29, 1.82) is 0 Å². The fourth-order valence-electron chi connectivity index (χ4n) is 2.91. The molecule has 2 fully saturated rings. The summed E-state index contributed by atoms with van der Waals surface area (Å²) in [6.45, 7) is 7.41. The van der Waals surface area contributed by atoms with Gasteiger partial charge in [0.2, 0.25) is 5.91 Å². The van der Waals surface area contributed by atoms with E-state index in [1.807, 2.05) is 0 Å². The Bertz CT molecular complexity index is 254. The van der Waals surface area contributed by atoms with Crippen molar-refractivity contribution < 1.29 is 4.79 Å². The van der Waals surface area contributed by atoms with Crippen LogP contribution in [0.15, 0.2) is 0 Å². The molecule has 0 aromatic heterocycles. The molecule has 0 aliphatic carbocycles. The van der Waals surface area contributed by atoms with Crippen LogP contribution in [0.1, 0.15) is 39.5 Å². The van der Waals surface area contributed by atoms with Crippen LogP contribution in [-0.4, -0.2) is 36.5 Å². The second kappa shape index (κ2) is 5.17. The summed E-state index contributed by atoms with van der Waals surface area (Å²) in [5.41, 5.74) is 0. The SMILES string of the molecule is CCC1CCNC(C(=O)N2CCC(C)C2)C1. The number of rotatable bonds is 2. The first-order valence-electron chi connectivity index (χ1n) is 6.73. The zero-order chi connectivity index (χ0) is 11.5. The van der Waals surface area contributed by atoms with E-state index in [-0.39, 0.29) is 6.04 Å². The maximum Gasteiger partial charge on any atom is 0.239 e. The van der Waals surface area contributed by atoms with Gasteiger partial charge in [-0.15, -0.1) is 0 Å². The number of piperidine rings is 1. The monoisotopic (exact) mass is 224 g/mol. The second-order valence-corrected chi connectivity index (χ2v) is 5.48. The lowest BCUT2D eigenvalue weighted by Gasteiger charge is -2.31. The average Bonchev–Trinajstić information content (AvgIpc) is 2.75. The predicted octanol–water partition coefficient (Wildman–Crippen LogP) is 1.63. The molecule has 16 heavy (non-hydrogen) atoms. The van der Waals surface area contributed by atoms with Gasteiger partial charge < -0.3 is 10.2 Å². The minimum Gasteiger partial charge on any atom is -0.341 e. The van der Waals surface area contributed by atoms with Gasteiger partial charge in [-0.1, -0.05) is 20.3 Å². The smallest absolute Gasteiger partial charge is 0.239 e. The van der Waals surface area contributed by atoms with E-state index in [1.165, 1.54) is 19.3 Å². The molecule has 3 heteroatoms. The van der Waals surface area contributed by atoms with Crippen molar-refractivity contribution in [3.05, 3.63) is 0 Å². The van der Waals surface area contributed by atoms with Crippen molar-refractivity contribution in [2.24, 2.45) is 11.8 Å². The third kappa shape index (κ3) is 2.57. The second-order valence-electron chi connectivity index (χ2n) is 5.48. The third-order valence-corrected chi connectivity index (χ3v) is 4.12. The average molecular weight is 224 g/mol. The highest BCUT2D eigenvalue weighted by Gasteiger charge is 2.32. The van der Waals surface area contributed by atoms with Crippen LogP contribution in [-0.2, 0) is 4.79 Å². The van der Waals surface area contributed by atoms with Crippen molar-refractivity contribution in [2.45, 2.75) is 45.6 Å². The highest BCUT2D eigenvalue weighted by atomic mass is 16.2. The lowest BCUT2D eigenvalue weighted by atomic mass is 9.90. The first kappa shape index (κ1) is 11.9. The fraction of sp³-hybridized carbons (Fsp3) is 0.923. The molecule has 0 aromatic carbocycles. The molecular weight excluding hydrogens is 200 g/mol. The first-order chi connectivity index (χ1) is 7.70. The molecule has 2 heterocycles. The van der Waals surface area contributed by atoms with Crippen LogP contribution in [0.25, 0.3) is 0 Å². The Morgan fingerprint density at radius 1 is 1.44 bits per heavy atom. The Hall–Kier alpha value is -0.570. The van der Waals surface area contributed by atoms with Gasteiger partial charge in [0.1, 0.15) is 0 Å². The van der Waals surface area contributed by atoms with Gasteiger partial charge in [-0.2, -0.15) is 0 Å². The van der Waals surface area contributed by atoms with E-state index in [4.69, 9.17) is 0 Å². The summed E-state index contributed by atoms with van der Waals surface area (Å²) >= 11 is 0. The van der Waals surface area contributed by atoms with Gasteiger partial charge >= 0.3 is 0 Å². The van der Waals surface area contributed by atoms with Crippen molar-refractivity contribution in [3.8, 4) is 0 Å². The molecule has 3 atom stereocenters. The fourth-order valence-corrected chi connectivity index (χ4v) is 2.91. The predicted molar refractivity (Wildman–Crippen MR) is 65.2 cm³/mol. The van der Waals surface area contributed by atoms with Crippen LogP contribution in [0.5, 0.6) is 0 Å². The number of likely N-dealkylation sites (tertiary alicyclic amines) is 1. The van der Waals surface area contributed by atoms with Crippen LogP contribution in [0.2, 0.25) is 0 Å². The Kier molecular flexibility index (Phi) is 3.85. The highest BCUT2D eigenvalue weighted by molar-refractivity contribution is 5.82. The van der Waals surface area contributed by atoms with Crippen LogP contribution in [0.3, 0.4) is 0 Å². The number of nitrogens with zero attached hydrogens (tertiary/aromatic N) is 1. The first-order valence-corrected chi connectivity index (χ1v) is 6.73. The zero-order valence-electron chi connectivity index (χ0n) is 10.5. The minimum absolute atomic E-state index is 0.101. The molecule has 0 saturated carbocycles. The van der Waals surface area contributed by atoms with E-state index in [9.17, 15) is 4.79 Å². The van der Waals surface area contributed by atoms with Crippen LogP contribution in [0.4, 0.5) is 0 Å². The van der Waals surface area contributed by atoms with Crippen LogP contribution in [0, 0.1) is 11.8 Å². The molecule has 2 rings (SSSR count). The van der Waals surface area contributed by atoms with Crippen molar-refractivity contribution in [1.82, 2.24) is 10.2 Å². The molecule has 0 aromatic rings. The normalized spacial score (nSPS) is 35.4. The standard InChI is InChI=1S/C13H24N2O/c1-3-11-4-6-14-12(8-11)13(16)15-7-5-10(2)9-15/h10-12,14H,3-9H2,1-2H3. The number of amides is 1. The topological polar surface area (TPSA) is 32.3 Å². The molecule has 0 bridgehead atoms. The van der Waals surface area contributed by atoms with E-state index >= 15 is 0 Å². The van der Waals surface area contributed by atoms with E-state index in [0.29, 0.717) is 11.8 Å². The van der Waals surface area contributed by atoms with Gasteiger partial charge in [0.05, 0.1) is 6.04 Å². The molecule has 3 unspecified atom stereocenters. The molecule has 1 N–H and O–H groups in total. The van der Waals surface area contributed by atoms with Gasteiger partial charge in [0, 0.05) is 13.1 Å². The summed E-state index contributed by atoms with van der Waals surface area (Å²) in [4.78, 5) is 14.3. The summed E-state index contributed by atoms with van der Waals surface area (Å²) in [6, 6.07) is 0.101. The summed E-state index contributed by atoms with van der Waals surface area (Å²) in [7, 11) is 0. The molecule has 1 amide bonds. The maximum atomic E-state index is 12.3. The summed E-state index contributed by atoms with van der Waals surface area (Å²) in [5, 5.41) is 3.38. The summed E-state index contributed by atoms with van der Waals surface area (Å²) < 4.78 is 0. The number of carbonyl (C=O) groups excluding carboxylic acids is 1. The zero-order valence-corrected chi connectivity index (χ0v) is 10.5. The largest absolute Gasteiger partial charge is 0.341 e. The molecule has 92 valence electrons. The number of nitrogens with one attached hydrogen (secondary N) is 1. The van der Waals surface area contributed by atoms with E-state index in [2.05, 4.69) is 24.1 Å². The Labute approximate surface area is 98.6 Å². The molecule has 2 aliphatic rings. The molecule has 2 saturated heterocycles. The highest BCUT2D eigenvalue weighted by Crippen LogP contribution is 2.22. The Morgan fingerprint density at radius 3 is 2.88 bits per heavy atom. The molecule has 3 nitrogen and oxygen atoms in total. The van der Waals surface area contributed by atoms with E-state index in [0.717, 1.165) is 32.0 Å². The van der Waals surface area contributed by atoms with Crippen molar-refractivity contribution in [2.75, 3.05) is 19.6 Å². The van der Waals surface area contributed by atoms with E-state index < -0.39 is 0 Å². The molecule has 2 aliphatic heterocycles. The van der Waals surface area contributed by atoms with Crippen molar-refractivity contribution in [3.63, 3.8) is 0 Å². The molecule has 0 spiro atoms. The lowest BCUT2D eigenvalue weighted by Crippen LogP contribution is -2.49. The van der Waals surface area contributed by atoms with Gasteiger partial charge in [0.25, 0.3) is 0 Å². The lowest BCUT2D eigenvalue weighted by molar-refractivity contribution is -0.133.